The van der Waals surface area contributed by atoms with Crippen molar-refractivity contribution in [2.24, 2.45) is 16.5 Å². The lowest BCUT2D eigenvalue weighted by Crippen LogP contribution is -2.41. The van der Waals surface area contributed by atoms with Gasteiger partial charge in [0.25, 0.3) is 0 Å². The van der Waals surface area contributed by atoms with Crippen molar-refractivity contribution < 1.29 is 15.0 Å². The molecule has 0 heterocycles. The average molecular weight is 479 g/mol. The van der Waals surface area contributed by atoms with E-state index < -0.39 is 18.1 Å². The fraction of sp³-hybridized carbons (Fsp3) is 0.917. The number of aliphatic carboxylic acids is 1. The first-order valence-corrected chi connectivity index (χ1v) is 12.7. The van der Waals surface area contributed by atoms with Crippen LogP contribution in [-0.2, 0) is 4.79 Å². The van der Waals surface area contributed by atoms with E-state index in [4.69, 9.17) is 11.5 Å². The second-order valence-corrected chi connectivity index (χ2v) is 8.79. The van der Waals surface area contributed by atoms with Crippen LogP contribution in [0.25, 0.3) is 0 Å². The Bertz CT molecular complexity index is 449. The lowest BCUT2D eigenvalue weighted by atomic mass is 10.0. The van der Waals surface area contributed by atoms with E-state index in [-0.39, 0.29) is 18.4 Å². The van der Waals surface area contributed by atoms with Gasteiger partial charge in [-0.1, -0.05) is 96.8 Å². The number of hydrogen-bond acceptors (Lipinski definition) is 4. The van der Waals surface area contributed by atoms with Crippen LogP contribution in [-0.4, -0.2) is 47.4 Å². The Kier molecular flexibility index (Phi) is 25.5. The minimum Gasteiger partial charge on any atom is -0.480 e. The van der Waals surface area contributed by atoms with Gasteiger partial charge in [0, 0.05) is 13.1 Å². The molecule has 0 aromatic carbocycles. The summed E-state index contributed by atoms with van der Waals surface area (Å²) in [6.45, 7) is 2.98. The largest absolute Gasteiger partial charge is 0.480 e. The van der Waals surface area contributed by atoms with Crippen molar-refractivity contribution in [1.82, 2.24) is 5.32 Å². The van der Waals surface area contributed by atoms with Crippen LogP contribution in [0.2, 0.25) is 0 Å². The highest BCUT2D eigenvalue weighted by molar-refractivity contribution is 5.85. The van der Waals surface area contributed by atoms with Crippen LogP contribution in [0.5, 0.6) is 0 Å². The van der Waals surface area contributed by atoms with Gasteiger partial charge < -0.3 is 27.0 Å². The molecular formula is C24H51ClN4O3. The smallest absolute Gasteiger partial charge is 0.320 e. The maximum Gasteiger partial charge on any atom is 0.320 e. The van der Waals surface area contributed by atoms with Crippen LogP contribution < -0.4 is 16.8 Å². The summed E-state index contributed by atoms with van der Waals surface area (Å²) in [5.41, 5.74) is 10.5. The molecular weight excluding hydrogens is 428 g/mol. The molecule has 0 aromatic heterocycles. The van der Waals surface area contributed by atoms with Crippen molar-refractivity contribution in [2.45, 2.75) is 128 Å². The number of hydrogen-bond donors (Lipinski definition) is 5. The first-order valence-electron chi connectivity index (χ1n) is 12.7. The van der Waals surface area contributed by atoms with Gasteiger partial charge in [0.2, 0.25) is 0 Å². The highest BCUT2D eigenvalue weighted by atomic mass is 35.5. The Morgan fingerprint density at radius 2 is 1.28 bits per heavy atom. The summed E-state index contributed by atoms with van der Waals surface area (Å²) >= 11 is 0. The van der Waals surface area contributed by atoms with Gasteiger partial charge in [-0.2, -0.15) is 0 Å². The molecule has 0 radical (unpaired) electrons. The number of carboxylic acids is 1. The standard InChI is InChI=1S/C24H50N4O3.ClH/c1-2-3-4-5-6-7-8-9-10-11-12-13-14-15-17-21(29)20-28-22(23(30)31)18-16-19-27-24(25)26;/h21-22,28-29H,2-20H2,1H3,(H,30,31)(H4,25,26,27);1H/t21?,22-;/m0./s1. The minimum absolute atomic E-state index is 0. The molecule has 0 aliphatic heterocycles. The van der Waals surface area contributed by atoms with Crippen LogP contribution in [0.1, 0.15) is 116 Å². The predicted octanol–water partition coefficient (Wildman–Crippen LogP) is 4.74. The van der Waals surface area contributed by atoms with Gasteiger partial charge in [-0.3, -0.25) is 9.79 Å². The zero-order chi connectivity index (χ0) is 23.2. The molecule has 0 saturated carbocycles. The zero-order valence-electron chi connectivity index (χ0n) is 20.4. The first kappa shape index (κ1) is 33.1. The third-order valence-corrected chi connectivity index (χ3v) is 5.73. The molecule has 7 nitrogen and oxygen atoms in total. The molecule has 2 atom stereocenters. The van der Waals surface area contributed by atoms with Crippen molar-refractivity contribution in [3.05, 3.63) is 0 Å². The average Bonchev–Trinajstić information content (AvgIpc) is 2.72. The van der Waals surface area contributed by atoms with E-state index in [1.54, 1.807) is 0 Å². The minimum atomic E-state index is -0.909. The number of aliphatic hydroxyl groups is 1. The maximum absolute atomic E-state index is 11.3. The van der Waals surface area contributed by atoms with Crippen molar-refractivity contribution in [3.8, 4) is 0 Å². The Labute approximate surface area is 202 Å². The fourth-order valence-electron chi connectivity index (χ4n) is 3.77. The summed E-state index contributed by atoms with van der Waals surface area (Å²) in [4.78, 5) is 15.2. The molecule has 0 bridgehead atoms. The molecule has 0 aliphatic rings. The Balaban J connectivity index is 0. The van der Waals surface area contributed by atoms with E-state index in [0.717, 1.165) is 12.8 Å². The molecule has 0 spiro atoms. The fourth-order valence-corrected chi connectivity index (χ4v) is 3.77. The normalized spacial score (nSPS) is 12.7. The van der Waals surface area contributed by atoms with Gasteiger partial charge >= 0.3 is 5.97 Å². The first-order chi connectivity index (χ1) is 15.0. The second kappa shape index (κ2) is 24.6. The third kappa shape index (κ3) is 23.6. The number of guanidine groups is 1. The number of carboxylic acid groups (broad SMARTS) is 1. The molecule has 1 unspecified atom stereocenters. The van der Waals surface area contributed by atoms with Crippen LogP contribution in [0.3, 0.4) is 0 Å². The monoisotopic (exact) mass is 478 g/mol. The molecule has 8 heteroatoms. The molecule has 0 aromatic rings. The predicted molar refractivity (Wildman–Crippen MR) is 138 cm³/mol. The van der Waals surface area contributed by atoms with Crippen LogP contribution in [0.15, 0.2) is 4.99 Å². The summed E-state index contributed by atoms with van der Waals surface area (Å²) in [6.07, 6.45) is 19.6. The summed E-state index contributed by atoms with van der Waals surface area (Å²) in [7, 11) is 0. The van der Waals surface area contributed by atoms with Crippen molar-refractivity contribution in [1.29, 1.82) is 0 Å². The molecule has 32 heavy (non-hydrogen) atoms. The van der Waals surface area contributed by atoms with Gasteiger partial charge in [0.05, 0.1) is 6.10 Å². The van der Waals surface area contributed by atoms with E-state index in [1.807, 2.05) is 0 Å². The SMILES string of the molecule is CCCCCCCCCCCCCCCCC(O)CN[C@@H](CCCN=C(N)N)C(=O)O.Cl. The van der Waals surface area contributed by atoms with Gasteiger partial charge in [0.15, 0.2) is 5.96 Å². The highest BCUT2D eigenvalue weighted by Crippen LogP contribution is 2.13. The molecule has 192 valence electrons. The van der Waals surface area contributed by atoms with Crippen molar-refractivity contribution in [3.63, 3.8) is 0 Å². The number of nitrogens with one attached hydrogen (secondary N) is 1. The summed E-state index contributed by atoms with van der Waals surface area (Å²) in [5.74, 6) is -0.892. The van der Waals surface area contributed by atoms with Crippen LogP contribution >= 0.6 is 12.4 Å². The lowest BCUT2D eigenvalue weighted by molar-refractivity contribution is -0.139. The van der Waals surface area contributed by atoms with Gasteiger partial charge in [0.1, 0.15) is 6.04 Å². The summed E-state index contributed by atoms with van der Waals surface area (Å²) in [5, 5.41) is 22.3. The second-order valence-electron chi connectivity index (χ2n) is 8.79. The van der Waals surface area contributed by atoms with Crippen molar-refractivity contribution in [2.75, 3.05) is 13.1 Å². The van der Waals surface area contributed by atoms with Crippen LogP contribution in [0, 0.1) is 0 Å². The zero-order valence-corrected chi connectivity index (χ0v) is 21.2. The molecule has 7 N–H and O–H groups in total. The maximum atomic E-state index is 11.3. The Morgan fingerprint density at radius 3 is 1.72 bits per heavy atom. The van der Waals surface area contributed by atoms with Crippen LogP contribution in [0.4, 0.5) is 0 Å². The molecule has 0 amide bonds. The third-order valence-electron chi connectivity index (χ3n) is 5.73. The molecule has 0 saturated heterocycles. The quantitative estimate of drug-likeness (QED) is 0.0817. The number of aliphatic hydroxyl groups excluding tert-OH is 1. The van der Waals surface area contributed by atoms with E-state index in [9.17, 15) is 15.0 Å². The number of rotatable bonds is 23. The number of nitrogens with two attached hydrogens (primary N) is 2. The van der Waals surface area contributed by atoms with Gasteiger partial charge in [-0.05, 0) is 19.3 Å². The number of halogens is 1. The van der Waals surface area contributed by atoms with E-state index in [2.05, 4.69) is 17.2 Å². The number of carbonyl (C=O) groups is 1. The Morgan fingerprint density at radius 1 is 0.812 bits per heavy atom. The Hall–Kier alpha value is -1.05. The number of aliphatic imine (C=N–C) groups is 1. The summed E-state index contributed by atoms with van der Waals surface area (Å²) < 4.78 is 0. The van der Waals surface area contributed by atoms with E-state index in [1.165, 1.54) is 77.0 Å². The van der Waals surface area contributed by atoms with Gasteiger partial charge in [-0.25, -0.2) is 0 Å². The molecule has 0 fully saturated rings. The molecule has 0 aliphatic carbocycles. The van der Waals surface area contributed by atoms with Crippen molar-refractivity contribution >= 4 is 24.3 Å². The number of nitrogens with zero attached hydrogens (tertiary/aromatic N) is 1. The summed E-state index contributed by atoms with van der Waals surface area (Å²) in [6, 6.07) is -0.680. The van der Waals surface area contributed by atoms with E-state index >= 15 is 0 Å². The highest BCUT2D eigenvalue weighted by Gasteiger charge is 2.17. The van der Waals surface area contributed by atoms with Gasteiger partial charge in [-0.15, -0.1) is 12.4 Å². The molecule has 0 rings (SSSR count). The topological polar surface area (TPSA) is 134 Å². The lowest BCUT2D eigenvalue weighted by Gasteiger charge is -2.17. The van der Waals surface area contributed by atoms with E-state index in [0.29, 0.717) is 32.4 Å². The number of unbranched alkanes of at least 4 members (excludes halogenated alkanes) is 13.